The van der Waals surface area contributed by atoms with E-state index in [9.17, 15) is 0 Å². The van der Waals surface area contributed by atoms with Crippen molar-refractivity contribution in [1.29, 1.82) is 0 Å². The summed E-state index contributed by atoms with van der Waals surface area (Å²) in [6.07, 6.45) is 7.71. The Morgan fingerprint density at radius 2 is 1.92 bits per heavy atom. The van der Waals surface area contributed by atoms with Crippen molar-refractivity contribution < 1.29 is 0 Å². The molecule has 72 valence electrons. The minimum Gasteiger partial charge on any atom is -0.239 e. The molecular formula is C8H14N4S. The fourth-order valence-corrected chi connectivity index (χ4v) is 2.19. The molecule has 0 bridgehead atoms. The molecule has 1 aromatic heterocycles. The average molecular weight is 198 g/mol. The summed E-state index contributed by atoms with van der Waals surface area (Å²) in [6.45, 7) is 0. The van der Waals surface area contributed by atoms with Gasteiger partial charge in [-0.1, -0.05) is 36.0 Å². The van der Waals surface area contributed by atoms with Crippen LogP contribution >= 0.6 is 12.2 Å². The highest BCUT2D eigenvalue weighted by molar-refractivity contribution is 7.71. The number of rotatable bonds is 1. The van der Waals surface area contributed by atoms with Gasteiger partial charge in [-0.2, -0.15) is 5.21 Å². The van der Waals surface area contributed by atoms with Gasteiger partial charge in [0.15, 0.2) is 0 Å². The maximum Gasteiger partial charge on any atom is 0.238 e. The molecule has 0 aliphatic heterocycles. The third-order valence-corrected chi connectivity index (χ3v) is 2.96. The highest BCUT2D eigenvalue weighted by atomic mass is 32.1. The van der Waals surface area contributed by atoms with Crippen molar-refractivity contribution in [3.05, 3.63) is 4.77 Å². The van der Waals surface area contributed by atoms with Crippen LogP contribution in [0.25, 0.3) is 0 Å². The summed E-state index contributed by atoms with van der Waals surface area (Å²) in [5, 5.41) is 10.4. The van der Waals surface area contributed by atoms with Gasteiger partial charge in [0.05, 0.1) is 6.04 Å². The van der Waals surface area contributed by atoms with Crippen LogP contribution in [0.3, 0.4) is 0 Å². The second kappa shape index (κ2) is 4.00. The number of aromatic amines is 1. The summed E-state index contributed by atoms with van der Waals surface area (Å²) in [5.41, 5.74) is 0. The molecule has 0 aromatic carbocycles. The van der Waals surface area contributed by atoms with Crippen LogP contribution in [0.4, 0.5) is 0 Å². The molecule has 0 amide bonds. The summed E-state index contributed by atoms with van der Waals surface area (Å²) < 4.78 is 2.52. The first-order chi connectivity index (χ1) is 6.38. The molecule has 1 N–H and O–H groups in total. The Kier molecular flexibility index (Phi) is 2.73. The molecule has 0 atom stereocenters. The first-order valence-electron chi connectivity index (χ1n) is 4.87. The van der Waals surface area contributed by atoms with E-state index in [0.29, 0.717) is 10.8 Å². The molecule has 0 unspecified atom stereocenters. The molecule has 1 heterocycles. The Morgan fingerprint density at radius 3 is 2.46 bits per heavy atom. The molecule has 0 spiro atoms. The lowest BCUT2D eigenvalue weighted by atomic mass is 10.1. The molecule has 13 heavy (non-hydrogen) atoms. The Balaban J connectivity index is 2.15. The standard InChI is InChI=1S/C8H14N4S/c13-8-9-10-11-12(8)7-5-3-1-2-4-6-7/h7H,1-6H2,(H,9,11,13). The molecule has 1 fully saturated rings. The molecule has 0 radical (unpaired) electrons. The Labute approximate surface area is 82.3 Å². The SMILES string of the molecule is S=c1nn[nH]n1C1CCCCCC1. The Hall–Kier alpha value is -0.710. The van der Waals surface area contributed by atoms with Crippen LogP contribution in [-0.2, 0) is 0 Å². The lowest BCUT2D eigenvalue weighted by molar-refractivity contribution is 0.393. The lowest BCUT2D eigenvalue weighted by Crippen LogP contribution is -2.10. The van der Waals surface area contributed by atoms with Gasteiger partial charge < -0.3 is 0 Å². The molecule has 1 aliphatic rings. The normalized spacial score (nSPS) is 20.0. The van der Waals surface area contributed by atoms with E-state index in [-0.39, 0.29) is 0 Å². The minimum absolute atomic E-state index is 0.505. The Bertz CT molecular complexity index is 308. The van der Waals surface area contributed by atoms with Crippen molar-refractivity contribution in [1.82, 2.24) is 20.2 Å². The van der Waals surface area contributed by atoms with Crippen LogP contribution in [0.2, 0.25) is 0 Å². The van der Waals surface area contributed by atoms with Crippen molar-refractivity contribution in [2.45, 2.75) is 44.6 Å². The van der Waals surface area contributed by atoms with Gasteiger partial charge >= 0.3 is 0 Å². The molecule has 1 saturated carbocycles. The maximum absolute atomic E-state index is 5.07. The number of aromatic nitrogens is 4. The van der Waals surface area contributed by atoms with Crippen LogP contribution < -0.4 is 0 Å². The molecule has 5 heteroatoms. The van der Waals surface area contributed by atoms with E-state index >= 15 is 0 Å². The summed E-state index contributed by atoms with van der Waals surface area (Å²) in [5.74, 6) is 0. The van der Waals surface area contributed by atoms with Gasteiger partial charge in [0, 0.05) is 0 Å². The highest BCUT2D eigenvalue weighted by Gasteiger charge is 2.15. The maximum atomic E-state index is 5.07. The molecule has 2 rings (SSSR count). The van der Waals surface area contributed by atoms with E-state index in [1.165, 1.54) is 38.5 Å². The summed E-state index contributed by atoms with van der Waals surface area (Å²) in [4.78, 5) is 0. The van der Waals surface area contributed by atoms with Gasteiger partial charge in [-0.3, -0.25) is 0 Å². The number of H-pyrrole nitrogens is 1. The smallest absolute Gasteiger partial charge is 0.238 e. The summed E-state index contributed by atoms with van der Waals surface area (Å²) in [7, 11) is 0. The van der Waals surface area contributed by atoms with Crippen LogP contribution in [-0.4, -0.2) is 20.2 Å². The number of nitrogens with zero attached hydrogens (tertiary/aromatic N) is 3. The van der Waals surface area contributed by atoms with Crippen LogP contribution in [0, 0.1) is 4.77 Å². The number of hydrogen-bond donors (Lipinski definition) is 1. The first-order valence-corrected chi connectivity index (χ1v) is 5.28. The predicted octanol–water partition coefficient (Wildman–Crippen LogP) is 2.23. The van der Waals surface area contributed by atoms with Crippen molar-refractivity contribution in [2.75, 3.05) is 0 Å². The van der Waals surface area contributed by atoms with E-state index in [1.807, 2.05) is 4.68 Å². The van der Waals surface area contributed by atoms with Crippen LogP contribution in [0.1, 0.15) is 44.6 Å². The van der Waals surface area contributed by atoms with Gasteiger partial charge in [0.1, 0.15) is 0 Å². The summed E-state index contributed by atoms with van der Waals surface area (Å²) >= 11 is 5.07. The van der Waals surface area contributed by atoms with Crippen molar-refractivity contribution in [2.24, 2.45) is 0 Å². The van der Waals surface area contributed by atoms with Gasteiger partial charge in [-0.15, -0.1) is 0 Å². The fourth-order valence-electron chi connectivity index (χ4n) is 1.96. The molecule has 1 aromatic rings. The van der Waals surface area contributed by atoms with Gasteiger partial charge in [0.25, 0.3) is 0 Å². The highest BCUT2D eigenvalue weighted by Crippen LogP contribution is 2.25. The average Bonchev–Trinajstić information content (AvgIpc) is 2.43. The quantitative estimate of drug-likeness (QED) is 0.556. The monoisotopic (exact) mass is 198 g/mol. The second-order valence-electron chi connectivity index (χ2n) is 3.60. The first kappa shape index (κ1) is 8.87. The van der Waals surface area contributed by atoms with Gasteiger partial charge in [-0.25, -0.2) is 4.68 Å². The predicted molar refractivity (Wildman–Crippen MR) is 51.9 cm³/mol. The summed E-state index contributed by atoms with van der Waals surface area (Å²) in [6, 6.07) is 0.505. The molecule has 0 saturated heterocycles. The van der Waals surface area contributed by atoms with Crippen molar-refractivity contribution >= 4 is 12.2 Å². The van der Waals surface area contributed by atoms with Crippen molar-refractivity contribution in [3.63, 3.8) is 0 Å². The van der Waals surface area contributed by atoms with E-state index < -0.39 is 0 Å². The number of tetrazole rings is 1. The van der Waals surface area contributed by atoms with Gasteiger partial charge in [-0.05, 0) is 25.1 Å². The molecule has 4 nitrogen and oxygen atoms in total. The minimum atomic E-state index is 0.505. The second-order valence-corrected chi connectivity index (χ2v) is 3.96. The fraction of sp³-hybridized carbons (Fsp3) is 0.875. The molecule has 1 aliphatic carbocycles. The van der Waals surface area contributed by atoms with E-state index in [1.54, 1.807) is 0 Å². The van der Waals surface area contributed by atoms with Gasteiger partial charge in [0.2, 0.25) is 4.77 Å². The van der Waals surface area contributed by atoms with E-state index in [0.717, 1.165) is 0 Å². The number of nitrogens with one attached hydrogen (secondary N) is 1. The molecular weight excluding hydrogens is 184 g/mol. The lowest BCUT2D eigenvalue weighted by Gasteiger charge is -2.13. The van der Waals surface area contributed by atoms with Crippen LogP contribution in [0.15, 0.2) is 0 Å². The largest absolute Gasteiger partial charge is 0.239 e. The topological polar surface area (TPSA) is 46.5 Å². The van der Waals surface area contributed by atoms with Crippen LogP contribution in [0.5, 0.6) is 0 Å². The zero-order chi connectivity index (χ0) is 9.10. The van der Waals surface area contributed by atoms with Crippen molar-refractivity contribution in [3.8, 4) is 0 Å². The van der Waals surface area contributed by atoms with E-state index in [2.05, 4.69) is 15.5 Å². The zero-order valence-corrected chi connectivity index (χ0v) is 8.39. The number of hydrogen-bond acceptors (Lipinski definition) is 3. The third-order valence-electron chi connectivity index (χ3n) is 2.68. The zero-order valence-electron chi connectivity index (χ0n) is 7.57. The van der Waals surface area contributed by atoms with E-state index in [4.69, 9.17) is 12.2 Å². The third kappa shape index (κ3) is 1.96. The Morgan fingerprint density at radius 1 is 1.23 bits per heavy atom.